The summed E-state index contributed by atoms with van der Waals surface area (Å²) in [6, 6.07) is 9.66. The lowest BCUT2D eigenvalue weighted by Gasteiger charge is -2.36. The lowest BCUT2D eigenvalue weighted by Crippen LogP contribution is -2.45. The first kappa shape index (κ1) is 25.9. The maximum atomic E-state index is 12.2. The molecule has 1 amide bonds. The van der Waals surface area contributed by atoms with Crippen LogP contribution in [0.2, 0.25) is 0 Å². The topological polar surface area (TPSA) is 93.7 Å². The van der Waals surface area contributed by atoms with Crippen LogP contribution in [-0.4, -0.2) is 76.1 Å². The molecule has 1 aromatic carbocycles. The van der Waals surface area contributed by atoms with Gasteiger partial charge in [-0.05, 0) is 33.3 Å². The second-order valence-corrected chi connectivity index (χ2v) is 9.26. The van der Waals surface area contributed by atoms with Crippen LogP contribution in [-0.2, 0) is 39.7 Å². The summed E-state index contributed by atoms with van der Waals surface area (Å²) in [6.45, 7) is 10.5. The van der Waals surface area contributed by atoms with Gasteiger partial charge >= 0.3 is 6.09 Å². The predicted molar refractivity (Wildman–Crippen MR) is 120 cm³/mol. The van der Waals surface area contributed by atoms with Crippen LogP contribution in [0, 0.1) is 5.92 Å². The number of carbonyl (C=O) groups excluding carboxylic acids is 1. The molecule has 0 bridgehead atoms. The molecule has 2 saturated heterocycles. The number of carbonyl (C=O) groups is 1. The maximum Gasteiger partial charge on any atom is 0.407 e. The molecule has 3 rings (SSSR count). The van der Waals surface area contributed by atoms with Crippen molar-refractivity contribution in [1.29, 1.82) is 0 Å². The van der Waals surface area contributed by atoms with E-state index in [0.717, 1.165) is 5.56 Å². The quantitative estimate of drug-likeness (QED) is 0.562. The van der Waals surface area contributed by atoms with Crippen molar-refractivity contribution in [1.82, 2.24) is 5.32 Å². The molecule has 0 spiro atoms. The summed E-state index contributed by atoms with van der Waals surface area (Å²) >= 11 is 0. The van der Waals surface area contributed by atoms with Crippen LogP contribution in [0.3, 0.4) is 0 Å². The van der Waals surface area contributed by atoms with Gasteiger partial charge in [-0.2, -0.15) is 0 Å². The molecule has 2 fully saturated rings. The summed E-state index contributed by atoms with van der Waals surface area (Å²) < 4.78 is 40.0. The zero-order valence-electron chi connectivity index (χ0n) is 20.0. The maximum absolute atomic E-state index is 12.2. The second-order valence-electron chi connectivity index (χ2n) is 9.26. The van der Waals surface area contributed by atoms with Crippen molar-refractivity contribution in [3.05, 3.63) is 35.9 Å². The van der Waals surface area contributed by atoms with Crippen molar-refractivity contribution < 1.29 is 38.0 Å². The van der Waals surface area contributed by atoms with E-state index >= 15 is 0 Å². The van der Waals surface area contributed by atoms with Crippen LogP contribution in [0.1, 0.15) is 33.3 Å². The van der Waals surface area contributed by atoms with Gasteiger partial charge in [-0.25, -0.2) is 4.79 Å². The van der Waals surface area contributed by atoms with Crippen LogP contribution in [0.4, 0.5) is 4.79 Å². The number of benzene rings is 1. The van der Waals surface area contributed by atoms with Crippen LogP contribution >= 0.6 is 0 Å². The zero-order chi connectivity index (χ0) is 23.7. The third-order valence-electron chi connectivity index (χ3n) is 5.33. The lowest BCUT2D eigenvalue weighted by molar-refractivity contribution is -0.285. The summed E-state index contributed by atoms with van der Waals surface area (Å²) in [5.41, 5.74) is 0.998. The Morgan fingerprint density at radius 2 is 1.36 bits per heavy atom. The van der Waals surface area contributed by atoms with E-state index < -0.39 is 17.7 Å². The Hall–Kier alpha value is -1.75. The number of hydrogen-bond donors (Lipinski definition) is 1. The fraction of sp³-hybridized carbons (Fsp3) is 0.708. The minimum absolute atomic E-state index is 0.153. The Morgan fingerprint density at radius 3 is 1.85 bits per heavy atom. The van der Waals surface area contributed by atoms with Crippen LogP contribution in [0.5, 0.6) is 0 Å². The van der Waals surface area contributed by atoms with E-state index in [4.69, 9.17) is 33.2 Å². The molecule has 0 saturated carbocycles. The fourth-order valence-electron chi connectivity index (χ4n) is 3.25. The van der Waals surface area contributed by atoms with Gasteiger partial charge in [0.1, 0.15) is 18.8 Å². The average molecular weight is 468 g/mol. The number of alkyl carbamates (subject to hydrolysis) is 1. The summed E-state index contributed by atoms with van der Waals surface area (Å²) in [5, 5.41) is 2.76. The van der Waals surface area contributed by atoms with Crippen LogP contribution in [0.25, 0.3) is 0 Å². The molecule has 0 atom stereocenters. The first-order valence-electron chi connectivity index (χ1n) is 11.4. The molecule has 2 aliphatic heterocycles. The summed E-state index contributed by atoms with van der Waals surface area (Å²) in [4.78, 5) is 12.2. The molecule has 2 aliphatic rings. The van der Waals surface area contributed by atoms with Gasteiger partial charge in [0, 0.05) is 12.5 Å². The second kappa shape index (κ2) is 12.1. The summed E-state index contributed by atoms with van der Waals surface area (Å²) in [6.07, 6.45) is -0.856. The highest BCUT2D eigenvalue weighted by molar-refractivity contribution is 5.67. The van der Waals surface area contributed by atoms with E-state index in [2.05, 4.69) is 5.32 Å². The van der Waals surface area contributed by atoms with Crippen molar-refractivity contribution in [2.45, 2.75) is 58.0 Å². The number of rotatable bonds is 10. The number of nitrogens with one attached hydrogen (secondary N) is 1. The Bertz CT molecular complexity index is 674. The first-order chi connectivity index (χ1) is 15.7. The smallest absolute Gasteiger partial charge is 0.407 e. The molecule has 0 radical (unpaired) electrons. The monoisotopic (exact) mass is 467 g/mol. The van der Waals surface area contributed by atoms with Crippen molar-refractivity contribution in [3.63, 3.8) is 0 Å². The first-order valence-corrected chi connectivity index (χ1v) is 11.4. The van der Waals surface area contributed by atoms with Gasteiger partial charge in [0.15, 0.2) is 11.6 Å². The van der Waals surface area contributed by atoms with Gasteiger partial charge in [-0.3, -0.25) is 0 Å². The number of ether oxygens (including phenoxy) is 7. The average Bonchev–Trinajstić information content (AvgIpc) is 2.79. The molecule has 0 unspecified atom stereocenters. The zero-order valence-corrected chi connectivity index (χ0v) is 20.0. The van der Waals surface area contributed by atoms with Gasteiger partial charge in [-0.15, -0.1) is 0 Å². The molecule has 0 aromatic heterocycles. The van der Waals surface area contributed by atoms with Gasteiger partial charge in [-0.1, -0.05) is 30.3 Å². The van der Waals surface area contributed by atoms with Crippen LogP contribution < -0.4 is 5.32 Å². The molecule has 1 N–H and O–H groups in total. The van der Waals surface area contributed by atoms with Crippen LogP contribution in [0.15, 0.2) is 30.3 Å². The Balaban J connectivity index is 1.43. The molecule has 1 aromatic rings. The molecule has 2 heterocycles. The Labute approximate surface area is 195 Å². The molecular weight excluding hydrogens is 430 g/mol. The summed E-state index contributed by atoms with van der Waals surface area (Å²) in [5.74, 6) is -1.37. The van der Waals surface area contributed by atoms with Crippen molar-refractivity contribution in [3.8, 4) is 0 Å². The van der Waals surface area contributed by atoms with Gasteiger partial charge in [0.2, 0.25) is 0 Å². The molecule has 9 heteroatoms. The standard InChI is InChI=1S/C24H37NO8/c1-23(2)30-14-20(15-31-23)27-11-19(12-28-21-16-32-24(3,4)33-17-21)13-29-22(26)25-10-18-8-6-5-7-9-18/h5-9,19-21H,10-17H2,1-4H3,(H,25,26). The SMILES string of the molecule is CC1(C)OCC(OCC(COC(=O)NCc2ccccc2)COC2COC(C)(C)OC2)CO1. The van der Waals surface area contributed by atoms with E-state index in [1.54, 1.807) is 0 Å². The molecule has 9 nitrogen and oxygen atoms in total. The molecule has 186 valence electrons. The largest absolute Gasteiger partial charge is 0.449 e. The van der Waals surface area contributed by atoms with Crippen molar-refractivity contribution in [2.75, 3.05) is 46.2 Å². The van der Waals surface area contributed by atoms with E-state index in [-0.39, 0.29) is 24.7 Å². The van der Waals surface area contributed by atoms with Crippen molar-refractivity contribution in [2.24, 2.45) is 5.92 Å². The molecular formula is C24H37NO8. The number of amides is 1. The van der Waals surface area contributed by atoms with E-state index in [9.17, 15) is 4.79 Å². The minimum Gasteiger partial charge on any atom is -0.449 e. The molecule has 0 aliphatic carbocycles. The third kappa shape index (κ3) is 9.56. The van der Waals surface area contributed by atoms with Gasteiger partial charge in [0.25, 0.3) is 0 Å². The minimum atomic E-state index is -0.600. The van der Waals surface area contributed by atoms with E-state index in [1.165, 1.54) is 0 Å². The Morgan fingerprint density at radius 1 is 0.879 bits per heavy atom. The van der Waals surface area contributed by atoms with E-state index in [1.807, 2.05) is 58.0 Å². The van der Waals surface area contributed by atoms with Gasteiger partial charge in [0.05, 0.1) is 39.6 Å². The Kier molecular flexibility index (Phi) is 9.48. The lowest BCUT2D eigenvalue weighted by atomic mass is 10.2. The molecule has 33 heavy (non-hydrogen) atoms. The summed E-state index contributed by atoms with van der Waals surface area (Å²) in [7, 11) is 0. The van der Waals surface area contributed by atoms with Crippen molar-refractivity contribution >= 4 is 6.09 Å². The number of hydrogen-bond acceptors (Lipinski definition) is 8. The highest BCUT2D eigenvalue weighted by Gasteiger charge is 2.31. The van der Waals surface area contributed by atoms with Gasteiger partial charge < -0.3 is 38.5 Å². The fourth-order valence-corrected chi connectivity index (χ4v) is 3.25. The predicted octanol–water partition coefficient (Wildman–Crippen LogP) is 2.87. The highest BCUT2D eigenvalue weighted by Crippen LogP contribution is 2.21. The van der Waals surface area contributed by atoms with E-state index in [0.29, 0.717) is 46.2 Å². The third-order valence-corrected chi connectivity index (χ3v) is 5.33. The normalized spacial score (nSPS) is 21.1. The highest BCUT2D eigenvalue weighted by atomic mass is 16.7.